The molecule has 2 unspecified atom stereocenters. The summed E-state index contributed by atoms with van der Waals surface area (Å²) in [7, 11) is -0.413. The van der Waals surface area contributed by atoms with Gasteiger partial charge in [0.1, 0.15) is 0 Å². The summed E-state index contributed by atoms with van der Waals surface area (Å²) >= 11 is 0. The number of carbonyl (C=O) groups excluding carboxylic acids is 1. The second kappa shape index (κ2) is 9.92. The van der Waals surface area contributed by atoms with Crippen molar-refractivity contribution in [1.29, 1.82) is 0 Å². The van der Waals surface area contributed by atoms with Gasteiger partial charge in [0.2, 0.25) is 10.0 Å². The summed E-state index contributed by atoms with van der Waals surface area (Å²) in [4.78, 5) is 13.0. The van der Waals surface area contributed by atoms with E-state index in [0.29, 0.717) is 23.6 Å². The first-order valence-corrected chi connectivity index (χ1v) is 12.3. The number of carbonyl (C=O) groups is 1. The summed E-state index contributed by atoms with van der Waals surface area (Å²) in [6, 6.07) is 9.58. The van der Waals surface area contributed by atoms with Crippen LogP contribution in [0.2, 0.25) is 0 Å². The van der Waals surface area contributed by atoms with Crippen LogP contribution in [0.25, 0.3) is 0 Å². The van der Waals surface area contributed by atoms with Crippen molar-refractivity contribution in [2.24, 2.45) is 0 Å². The average Bonchev–Trinajstić information content (AvgIpc) is 2.78. The van der Waals surface area contributed by atoms with E-state index in [2.05, 4.69) is 5.32 Å². The molecule has 0 saturated carbocycles. The zero-order valence-corrected chi connectivity index (χ0v) is 20.2. The highest BCUT2D eigenvalue weighted by Crippen LogP contribution is 2.33. The van der Waals surface area contributed by atoms with Crippen molar-refractivity contribution in [2.45, 2.75) is 57.0 Å². The van der Waals surface area contributed by atoms with Gasteiger partial charge in [0, 0.05) is 18.2 Å². The van der Waals surface area contributed by atoms with E-state index in [1.54, 1.807) is 30.7 Å². The van der Waals surface area contributed by atoms with Crippen LogP contribution in [0.1, 0.15) is 60.6 Å². The van der Waals surface area contributed by atoms with E-state index in [1.165, 1.54) is 12.1 Å². The number of amides is 1. The van der Waals surface area contributed by atoms with E-state index in [-0.39, 0.29) is 22.9 Å². The molecule has 7 nitrogen and oxygen atoms in total. The Kier molecular flexibility index (Phi) is 7.46. The van der Waals surface area contributed by atoms with Crippen molar-refractivity contribution in [2.75, 3.05) is 20.8 Å². The van der Waals surface area contributed by atoms with E-state index >= 15 is 0 Å². The predicted molar refractivity (Wildman–Crippen MR) is 124 cm³/mol. The number of ether oxygens (including phenoxy) is 2. The van der Waals surface area contributed by atoms with Crippen molar-refractivity contribution >= 4 is 15.9 Å². The SMILES string of the molecule is COc1cc(C)c(C(C)NC(=O)c2ccc(S(=O)(=O)N3CCCCC3C)cc2)cc1OC. The van der Waals surface area contributed by atoms with Crippen LogP contribution in [0.15, 0.2) is 41.3 Å². The molecule has 0 aliphatic carbocycles. The number of sulfonamides is 1. The third-order valence-electron chi connectivity index (χ3n) is 6.05. The average molecular weight is 461 g/mol. The Balaban J connectivity index is 1.75. The molecular weight excluding hydrogens is 428 g/mol. The van der Waals surface area contributed by atoms with Crippen molar-refractivity contribution in [3.05, 3.63) is 53.1 Å². The topological polar surface area (TPSA) is 84.9 Å². The van der Waals surface area contributed by atoms with E-state index < -0.39 is 10.0 Å². The Hall–Kier alpha value is -2.58. The number of nitrogens with zero attached hydrogens (tertiary/aromatic N) is 1. The lowest BCUT2D eigenvalue weighted by atomic mass is 10.0. The number of hydrogen-bond acceptors (Lipinski definition) is 5. The minimum absolute atomic E-state index is 0.0118. The number of rotatable bonds is 7. The molecule has 0 spiro atoms. The largest absolute Gasteiger partial charge is 0.493 e. The van der Waals surface area contributed by atoms with Crippen LogP contribution in [0.5, 0.6) is 11.5 Å². The summed E-state index contributed by atoms with van der Waals surface area (Å²) in [5.41, 5.74) is 2.28. The zero-order chi connectivity index (χ0) is 23.5. The molecule has 174 valence electrons. The quantitative estimate of drug-likeness (QED) is 0.673. The highest BCUT2D eigenvalue weighted by molar-refractivity contribution is 7.89. The van der Waals surface area contributed by atoms with Gasteiger partial charge in [-0.2, -0.15) is 4.31 Å². The van der Waals surface area contributed by atoms with Gasteiger partial charge in [-0.1, -0.05) is 6.42 Å². The molecule has 0 radical (unpaired) electrons. The lowest BCUT2D eigenvalue weighted by Crippen LogP contribution is -2.41. The van der Waals surface area contributed by atoms with E-state index in [4.69, 9.17) is 9.47 Å². The maximum absolute atomic E-state index is 13.0. The van der Waals surface area contributed by atoms with Crippen molar-refractivity contribution in [3.8, 4) is 11.5 Å². The van der Waals surface area contributed by atoms with E-state index in [0.717, 1.165) is 30.4 Å². The number of hydrogen-bond donors (Lipinski definition) is 1. The molecule has 3 rings (SSSR count). The Morgan fingerprint density at radius 2 is 1.72 bits per heavy atom. The molecule has 1 fully saturated rings. The van der Waals surface area contributed by atoms with Gasteiger partial charge in [0.05, 0.1) is 25.2 Å². The second-order valence-corrected chi connectivity index (χ2v) is 10.1. The molecule has 1 aliphatic heterocycles. The normalized spacial score (nSPS) is 18.1. The van der Waals surface area contributed by atoms with Crippen LogP contribution in [0.4, 0.5) is 0 Å². The van der Waals surface area contributed by atoms with Crippen LogP contribution in [-0.2, 0) is 10.0 Å². The molecule has 2 aromatic rings. The zero-order valence-electron chi connectivity index (χ0n) is 19.3. The highest BCUT2D eigenvalue weighted by atomic mass is 32.2. The third-order valence-corrected chi connectivity index (χ3v) is 8.08. The summed E-state index contributed by atoms with van der Waals surface area (Å²) in [5.74, 6) is 0.949. The Morgan fingerprint density at radius 1 is 1.09 bits per heavy atom. The minimum Gasteiger partial charge on any atom is -0.493 e. The standard InChI is InChI=1S/C24H32N2O5S/c1-16-14-22(30-4)23(31-5)15-21(16)18(3)25-24(27)19-9-11-20(12-10-19)32(28,29)26-13-7-6-8-17(26)2/h9-12,14-15,17-18H,6-8,13H2,1-5H3,(H,25,27). The molecule has 2 aromatic carbocycles. The van der Waals surface area contributed by atoms with Gasteiger partial charge in [-0.3, -0.25) is 4.79 Å². The van der Waals surface area contributed by atoms with Crippen molar-refractivity contribution < 1.29 is 22.7 Å². The van der Waals surface area contributed by atoms with Gasteiger partial charge in [0.15, 0.2) is 11.5 Å². The molecule has 2 atom stereocenters. The van der Waals surface area contributed by atoms with Crippen LogP contribution < -0.4 is 14.8 Å². The Labute approximate surface area is 190 Å². The fourth-order valence-electron chi connectivity index (χ4n) is 4.16. The number of nitrogens with one attached hydrogen (secondary N) is 1. The van der Waals surface area contributed by atoms with Crippen molar-refractivity contribution in [3.63, 3.8) is 0 Å². The van der Waals surface area contributed by atoms with Gasteiger partial charge in [-0.05, 0) is 81.1 Å². The maximum atomic E-state index is 13.0. The monoisotopic (exact) mass is 460 g/mol. The van der Waals surface area contributed by atoms with Crippen LogP contribution >= 0.6 is 0 Å². The molecule has 8 heteroatoms. The number of aryl methyl sites for hydroxylation is 1. The molecule has 0 aromatic heterocycles. The highest BCUT2D eigenvalue weighted by Gasteiger charge is 2.31. The van der Waals surface area contributed by atoms with Gasteiger partial charge in [0.25, 0.3) is 5.91 Å². The lowest BCUT2D eigenvalue weighted by Gasteiger charge is -2.32. The fraction of sp³-hybridized carbons (Fsp3) is 0.458. The van der Waals surface area contributed by atoms with Crippen molar-refractivity contribution in [1.82, 2.24) is 9.62 Å². The van der Waals surface area contributed by atoms with Gasteiger partial charge in [-0.25, -0.2) is 8.42 Å². The van der Waals surface area contributed by atoms with Gasteiger partial charge >= 0.3 is 0 Å². The smallest absolute Gasteiger partial charge is 0.251 e. The molecule has 0 bridgehead atoms. The second-order valence-electron chi connectivity index (χ2n) is 8.24. The molecule has 1 amide bonds. The minimum atomic E-state index is -3.56. The molecule has 32 heavy (non-hydrogen) atoms. The number of benzene rings is 2. The molecular formula is C24H32N2O5S. The first-order chi connectivity index (χ1) is 15.2. The fourth-order valence-corrected chi connectivity index (χ4v) is 5.86. The summed E-state index contributed by atoms with van der Waals surface area (Å²) < 4.78 is 38.3. The lowest BCUT2D eigenvalue weighted by molar-refractivity contribution is 0.0939. The van der Waals surface area contributed by atoms with E-state index in [1.807, 2.05) is 32.9 Å². The molecule has 1 saturated heterocycles. The van der Waals surface area contributed by atoms with E-state index in [9.17, 15) is 13.2 Å². The first kappa shape index (κ1) is 24.1. The Bertz CT molecular complexity index is 1070. The van der Waals surface area contributed by atoms with Gasteiger partial charge < -0.3 is 14.8 Å². The Morgan fingerprint density at radius 3 is 2.31 bits per heavy atom. The van der Waals surface area contributed by atoms with Gasteiger partial charge in [-0.15, -0.1) is 0 Å². The molecule has 1 aliphatic rings. The number of methoxy groups -OCH3 is 2. The molecule has 1 N–H and O–H groups in total. The first-order valence-electron chi connectivity index (χ1n) is 10.8. The summed E-state index contributed by atoms with van der Waals surface area (Å²) in [6.45, 7) is 6.31. The van der Waals surface area contributed by atoms with Crippen LogP contribution in [0, 0.1) is 6.92 Å². The summed E-state index contributed by atoms with van der Waals surface area (Å²) in [5, 5.41) is 2.98. The summed E-state index contributed by atoms with van der Waals surface area (Å²) in [6.07, 6.45) is 2.79. The number of piperidine rings is 1. The van der Waals surface area contributed by atoms with Crippen LogP contribution in [0.3, 0.4) is 0 Å². The predicted octanol–water partition coefficient (Wildman–Crippen LogP) is 4.07. The molecule has 1 heterocycles. The maximum Gasteiger partial charge on any atom is 0.251 e. The van der Waals surface area contributed by atoms with Crippen LogP contribution in [-0.4, -0.2) is 45.4 Å². The third kappa shape index (κ3) is 4.91.